The van der Waals surface area contributed by atoms with Gasteiger partial charge in [0.1, 0.15) is 0 Å². The molecular formula is C26H21Br2N3O. The lowest BCUT2D eigenvalue weighted by Crippen LogP contribution is -2.04. The maximum atomic E-state index is 12.1. The number of carbonyl (C=O) groups excluding carboxylic acids is 1. The zero-order valence-electron chi connectivity index (χ0n) is 17.1. The van der Waals surface area contributed by atoms with E-state index in [9.17, 15) is 4.79 Å². The molecule has 0 fully saturated rings. The molecule has 160 valence electrons. The van der Waals surface area contributed by atoms with E-state index in [0.717, 1.165) is 14.6 Å². The first kappa shape index (κ1) is 24.9. The fraction of sp³-hybridized carbons (Fsp3) is 0. The summed E-state index contributed by atoms with van der Waals surface area (Å²) in [5.41, 5.74) is 14.3. The van der Waals surface area contributed by atoms with Crippen LogP contribution in [0, 0.1) is 11.3 Å². The Kier molecular flexibility index (Phi) is 10.2. The molecule has 0 heterocycles. The number of rotatable bonds is 2. The maximum absolute atomic E-state index is 12.1. The second kappa shape index (κ2) is 13.1. The van der Waals surface area contributed by atoms with Gasteiger partial charge in [-0.15, -0.1) is 0 Å². The molecule has 4 aromatic carbocycles. The van der Waals surface area contributed by atoms with E-state index in [1.807, 2.05) is 72.8 Å². The minimum Gasteiger partial charge on any atom is -0.399 e. The van der Waals surface area contributed by atoms with E-state index in [4.69, 9.17) is 16.7 Å². The van der Waals surface area contributed by atoms with Gasteiger partial charge >= 0.3 is 0 Å². The highest BCUT2D eigenvalue weighted by Gasteiger charge is 2.11. The zero-order chi connectivity index (χ0) is 23.3. The third-order valence-electron chi connectivity index (χ3n) is 4.05. The summed E-state index contributed by atoms with van der Waals surface area (Å²) < 4.78 is 1.83. The first-order chi connectivity index (χ1) is 15.4. The Morgan fingerprint density at radius 1 is 0.719 bits per heavy atom. The second-order valence-electron chi connectivity index (χ2n) is 6.46. The van der Waals surface area contributed by atoms with E-state index in [2.05, 4.69) is 31.9 Å². The van der Waals surface area contributed by atoms with Crippen molar-refractivity contribution in [2.75, 3.05) is 11.5 Å². The summed E-state index contributed by atoms with van der Waals surface area (Å²) in [7, 11) is 0. The van der Waals surface area contributed by atoms with Gasteiger partial charge in [-0.25, -0.2) is 0 Å². The number of nitrogens with zero attached hydrogens (tertiary/aromatic N) is 1. The molecule has 0 saturated carbocycles. The average molecular weight is 551 g/mol. The van der Waals surface area contributed by atoms with Gasteiger partial charge in [0.2, 0.25) is 0 Å². The predicted octanol–water partition coefficient (Wildman–Crippen LogP) is 6.85. The van der Waals surface area contributed by atoms with Crippen molar-refractivity contribution in [3.05, 3.63) is 129 Å². The predicted molar refractivity (Wildman–Crippen MR) is 138 cm³/mol. The molecular weight excluding hydrogens is 530 g/mol. The lowest BCUT2D eigenvalue weighted by molar-refractivity contribution is 0.103. The molecule has 0 amide bonds. The van der Waals surface area contributed by atoms with Crippen LogP contribution in [0.5, 0.6) is 0 Å². The summed E-state index contributed by atoms with van der Waals surface area (Å²) in [5, 5.41) is 8.39. The standard InChI is InChI=1S/C13H10BrNO.C7H4BrN.C6H7N/c14-10-5-3-4-9(8-10)13(16)11-6-1-2-7-12(11)15;8-7-3-1-2-6(4-7)5-9;7-6-4-2-1-3-5-6/h1-8H,15H2;1-4H;1-5H,7H2. The molecule has 0 radical (unpaired) electrons. The summed E-state index contributed by atoms with van der Waals surface area (Å²) in [6.45, 7) is 0. The highest BCUT2D eigenvalue weighted by atomic mass is 79.9. The normalized spacial score (nSPS) is 9.28. The van der Waals surface area contributed by atoms with Crippen LogP contribution in [-0.2, 0) is 0 Å². The number of anilines is 2. The van der Waals surface area contributed by atoms with Crippen LogP contribution in [0.2, 0.25) is 0 Å². The van der Waals surface area contributed by atoms with Crippen molar-refractivity contribution in [1.29, 1.82) is 5.26 Å². The van der Waals surface area contributed by atoms with Gasteiger partial charge in [-0.1, -0.05) is 80.4 Å². The van der Waals surface area contributed by atoms with Crippen LogP contribution in [0.3, 0.4) is 0 Å². The van der Waals surface area contributed by atoms with Crippen molar-refractivity contribution in [2.24, 2.45) is 0 Å². The summed E-state index contributed by atoms with van der Waals surface area (Å²) in [5.74, 6) is -0.0561. The third kappa shape index (κ3) is 8.38. The van der Waals surface area contributed by atoms with Crippen molar-refractivity contribution in [3.63, 3.8) is 0 Å². The molecule has 0 unspecified atom stereocenters. The fourth-order valence-electron chi connectivity index (χ4n) is 2.50. The number of ketones is 1. The molecule has 4 N–H and O–H groups in total. The number of hydrogen-bond acceptors (Lipinski definition) is 4. The SMILES string of the molecule is N#Cc1cccc(Br)c1.Nc1ccccc1.Nc1ccccc1C(=O)c1cccc(Br)c1. The minimum atomic E-state index is -0.0561. The van der Waals surface area contributed by atoms with Gasteiger partial charge in [0.05, 0.1) is 11.6 Å². The highest BCUT2D eigenvalue weighted by molar-refractivity contribution is 9.10. The number of nitrogen functional groups attached to an aromatic ring is 2. The van der Waals surface area contributed by atoms with Crippen LogP contribution in [0.1, 0.15) is 21.5 Å². The van der Waals surface area contributed by atoms with Crippen LogP contribution in [0.4, 0.5) is 11.4 Å². The largest absolute Gasteiger partial charge is 0.399 e. The molecule has 32 heavy (non-hydrogen) atoms. The maximum Gasteiger partial charge on any atom is 0.195 e. The van der Waals surface area contributed by atoms with Crippen LogP contribution in [0.25, 0.3) is 0 Å². The molecule has 0 atom stereocenters. The van der Waals surface area contributed by atoms with E-state index in [-0.39, 0.29) is 5.78 Å². The Morgan fingerprint density at radius 2 is 1.31 bits per heavy atom. The number of hydrogen-bond donors (Lipinski definition) is 2. The molecule has 0 aliphatic carbocycles. The van der Waals surface area contributed by atoms with Crippen molar-refractivity contribution in [1.82, 2.24) is 0 Å². The zero-order valence-corrected chi connectivity index (χ0v) is 20.3. The van der Waals surface area contributed by atoms with Gasteiger partial charge in [-0.3, -0.25) is 4.79 Å². The van der Waals surface area contributed by atoms with Gasteiger partial charge in [-0.2, -0.15) is 5.26 Å². The summed E-state index contributed by atoms with van der Waals surface area (Å²) in [6, 6.07) is 33.2. The van der Waals surface area contributed by atoms with Gasteiger partial charge < -0.3 is 11.5 Å². The Labute approximate surface area is 204 Å². The number of nitrogens with two attached hydrogens (primary N) is 2. The smallest absolute Gasteiger partial charge is 0.195 e. The molecule has 4 nitrogen and oxygen atoms in total. The summed E-state index contributed by atoms with van der Waals surface area (Å²) in [4.78, 5) is 12.1. The van der Waals surface area contributed by atoms with Crippen LogP contribution >= 0.6 is 31.9 Å². The van der Waals surface area contributed by atoms with Crippen LogP contribution in [0.15, 0.2) is 112 Å². The molecule has 4 aromatic rings. The van der Waals surface area contributed by atoms with Crippen molar-refractivity contribution >= 4 is 49.0 Å². The molecule has 0 bridgehead atoms. The molecule has 0 aliphatic rings. The van der Waals surface area contributed by atoms with Crippen LogP contribution < -0.4 is 11.5 Å². The Morgan fingerprint density at radius 3 is 1.81 bits per heavy atom. The van der Waals surface area contributed by atoms with E-state index < -0.39 is 0 Å². The Balaban J connectivity index is 0.000000191. The topological polar surface area (TPSA) is 92.9 Å². The Bertz CT molecular complexity index is 1200. The average Bonchev–Trinajstić information content (AvgIpc) is 2.80. The molecule has 0 spiro atoms. The molecule has 0 aliphatic heterocycles. The van der Waals surface area contributed by atoms with E-state index in [1.54, 1.807) is 36.4 Å². The Hall–Kier alpha value is -3.40. The number of carbonyl (C=O) groups is 1. The monoisotopic (exact) mass is 549 g/mol. The van der Waals surface area contributed by atoms with Crippen molar-refractivity contribution in [3.8, 4) is 6.07 Å². The van der Waals surface area contributed by atoms with Gasteiger partial charge in [0.15, 0.2) is 5.78 Å². The van der Waals surface area contributed by atoms with Gasteiger partial charge in [-0.05, 0) is 54.6 Å². The lowest BCUT2D eigenvalue weighted by atomic mass is 10.0. The molecule has 6 heteroatoms. The molecule has 4 rings (SSSR count). The van der Waals surface area contributed by atoms with E-state index in [0.29, 0.717) is 22.4 Å². The number of nitriles is 1. The van der Waals surface area contributed by atoms with Crippen LogP contribution in [-0.4, -0.2) is 5.78 Å². The van der Waals surface area contributed by atoms with E-state index in [1.165, 1.54) is 0 Å². The first-order valence-electron chi connectivity index (χ1n) is 9.51. The van der Waals surface area contributed by atoms with Gasteiger partial charge in [0, 0.05) is 31.4 Å². The number of benzene rings is 4. The first-order valence-corrected chi connectivity index (χ1v) is 11.1. The van der Waals surface area contributed by atoms with Gasteiger partial charge in [0.25, 0.3) is 0 Å². The number of halogens is 2. The highest BCUT2D eigenvalue weighted by Crippen LogP contribution is 2.19. The van der Waals surface area contributed by atoms with Crippen molar-refractivity contribution < 1.29 is 4.79 Å². The third-order valence-corrected chi connectivity index (χ3v) is 5.03. The number of para-hydroxylation sites is 2. The molecule has 0 saturated heterocycles. The van der Waals surface area contributed by atoms with Crippen molar-refractivity contribution in [2.45, 2.75) is 0 Å². The molecule has 0 aromatic heterocycles. The summed E-state index contributed by atoms with van der Waals surface area (Å²) in [6.07, 6.45) is 0. The minimum absolute atomic E-state index is 0.0561. The lowest BCUT2D eigenvalue weighted by Gasteiger charge is -2.04. The van der Waals surface area contributed by atoms with E-state index >= 15 is 0 Å². The quantitative estimate of drug-likeness (QED) is 0.211. The second-order valence-corrected chi connectivity index (χ2v) is 8.29. The fourth-order valence-corrected chi connectivity index (χ4v) is 3.30. The summed E-state index contributed by atoms with van der Waals surface area (Å²) >= 11 is 6.59.